The van der Waals surface area contributed by atoms with E-state index >= 15 is 0 Å². The first-order valence-electron chi connectivity index (χ1n) is 5.51. The summed E-state index contributed by atoms with van der Waals surface area (Å²) in [6.07, 6.45) is 5.37. The van der Waals surface area contributed by atoms with Gasteiger partial charge in [-0.1, -0.05) is 6.42 Å². The summed E-state index contributed by atoms with van der Waals surface area (Å²) >= 11 is 0. The van der Waals surface area contributed by atoms with Crippen molar-refractivity contribution in [3.63, 3.8) is 0 Å². The highest BCUT2D eigenvalue weighted by atomic mass is 16.2. The highest BCUT2D eigenvalue weighted by Gasteiger charge is 2.45. The summed E-state index contributed by atoms with van der Waals surface area (Å²) in [5.74, 6) is 0.0323. The first kappa shape index (κ1) is 9.93. The second-order valence-corrected chi connectivity index (χ2v) is 4.51. The topological polar surface area (TPSA) is 67.2 Å². The Morgan fingerprint density at radius 3 is 2.86 bits per heavy atom. The molecule has 4 heteroatoms. The quantitative estimate of drug-likeness (QED) is 0.584. The number of nitrogens with one attached hydrogen (secondary N) is 2. The zero-order valence-electron chi connectivity index (χ0n) is 8.51. The van der Waals surface area contributed by atoms with Crippen LogP contribution < -0.4 is 16.4 Å². The Bertz CT molecular complexity index is 219. The van der Waals surface area contributed by atoms with Crippen molar-refractivity contribution in [2.24, 2.45) is 5.73 Å². The van der Waals surface area contributed by atoms with Crippen molar-refractivity contribution in [2.75, 3.05) is 13.1 Å². The maximum absolute atomic E-state index is 11.5. The molecule has 14 heavy (non-hydrogen) atoms. The monoisotopic (exact) mass is 197 g/mol. The zero-order chi connectivity index (χ0) is 10.0. The Morgan fingerprint density at radius 2 is 2.29 bits per heavy atom. The summed E-state index contributed by atoms with van der Waals surface area (Å²) in [5, 5.41) is 6.32. The second-order valence-electron chi connectivity index (χ2n) is 4.51. The van der Waals surface area contributed by atoms with Gasteiger partial charge in [0.2, 0.25) is 5.91 Å². The third-order valence-electron chi connectivity index (χ3n) is 3.16. The largest absolute Gasteiger partial charge is 0.353 e. The first-order chi connectivity index (χ1) is 6.71. The molecule has 1 saturated carbocycles. The lowest BCUT2D eigenvalue weighted by molar-refractivity contribution is -0.123. The van der Waals surface area contributed by atoms with Gasteiger partial charge in [-0.3, -0.25) is 4.79 Å². The van der Waals surface area contributed by atoms with E-state index in [1.54, 1.807) is 0 Å². The molecule has 0 aromatic rings. The van der Waals surface area contributed by atoms with E-state index in [1.807, 2.05) is 0 Å². The number of hydrogen-bond acceptors (Lipinski definition) is 3. The predicted molar refractivity (Wildman–Crippen MR) is 54.8 cm³/mol. The van der Waals surface area contributed by atoms with Crippen molar-refractivity contribution < 1.29 is 4.79 Å². The number of nitrogens with two attached hydrogens (primary N) is 1. The molecule has 1 heterocycles. The van der Waals surface area contributed by atoms with Crippen molar-refractivity contribution in [3.8, 4) is 0 Å². The van der Waals surface area contributed by atoms with Crippen molar-refractivity contribution in [1.29, 1.82) is 0 Å². The molecule has 1 unspecified atom stereocenters. The van der Waals surface area contributed by atoms with Gasteiger partial charge in [-0.15, -0.1) is 0 Å². The third-order valence-corrected chi connectivity index (χ3v) is 3.16. The molecule has 1 aliphatic heterocycles. The third kappa shape index (κ3) is 2.25. The van der Waals surface area contributed by atoms with E-state index in [1.165, 1.54) is 12.8 Å². The summed E-state index contributed by atoms with van der Waals surface area (Å²) in [6.45, 7) is 1.81. The van der Waals surface area contributed by atoms with E-state index in [4.69, 9.17) is 5.73 Å². The molecular weight excluding hydrogens is 178 g/mol. The van der Waals surface area contributed by atoms with Gasteiger partial charge in [0.1, 0.15) is 0 Å². The van der Waals surface area contributed by atoms with E-state index in [-0.39, 0.29) is 5.91 Å². The molecule has 1 amide bonds. The highest BCUT2D eigenvalue weighted by Crippen LogP contribution is 2.32. The minimum absolute atomic E-state index is 0.0323. The van der Waals surface area contributed by atoms with Gasteiger partial charge in [-0.05, 0) is 32.2 Å². The number of rotatable bonds is 3. The normalized spacial score (nSPS) is 29.6. The van der Waals surface area contributed by atoms with Crippen LogP contribution in [-0.2, 0) is 4.79 Å². The first-order valence-corrected chi connectivity index (χ1v) is 5.51. The van der Waals surface area contributed by atoms with Gasteiger partial charge in [0.05, 0.1) is 5.54 Å². The fraction of sp³-hybridized carbons (Fsp3) is 0.900. The van der Waals surface area contributed by atoms with Crippen LogP contribution in [0.15, 0.2) is 0 Å². The lowest BCUT2D eigenvalue weighted by Crippen LogP contribution is -2.49. The molecular formula is C10H19N3O. The average molecular weight is 197 g/mol. The second kappa shape index (κ2) is 3.87. The van der Waals surface area contributed by atoms with Crippen molar-refractivity contribution in [3.05, 3.63) is 0 Å². The number of hydrogen-bond donors (Lipinski definition) is 3. The van der Waals surface area contributed by atoms with Crippen LogP contribution >= 0.6 is 0 Å². The standard InChI is InChI=1S/C10H19N3O/c11-10(4-5-10)9(14)13-7-8-3-1-2-6-12-8/h8,12H,1-7,11H2,(H,13,14). The summed E-state index contributed by atoms with van der Waals surface area (Å²) in [7, 11) is 0. The Labute approximate surface area is 84.6 Å². The highest BCUT2D eigenvalue weighted by molar-refractivity contribution is 5.88. The average Bonchev–Trinajstić information content (AvgIpc) is 2.96. The van der Waals surface area contributed by atoms with E-state index in [0.717, 1.165) is 32.4 Å². The zero-order valence-corrected chi connectivity index (χ0v) is 8.51. The molecule has 1 aliphatic carbocycles. The van der Waals surface area contributed by atoms with Gasteiger partial charge >= 0.3 is 0 Å². The van der Waals surface area contributed by atoms with Crippen LogP contribution in [0, 0.1) is 0 Å². The Morgan fingerprint density at radius 1 is 1.50 bits per heavy atom. The molecule has 2 rings (SSSR count). The molecule has 2 fully saturated rings. The van der Waals surface area contributed by atoms with Gasteiger partial charge in [0, 0.05) is 12.6 Å². The summed E-state index contributed by atoms with van der Waals surface area (Å²) in [6, 6.07) is 0.454. The summed E-state index contributed by atoms with van der Waals surface area (Å²) < 4.78 is 0. The van der Waals surface area contributed by atoms with Crippen LogP contribution in [-0.4, -0.2) is 30.6 Å². The molecule has 0 radical (unpaired) electrons. The lowest BCUT2D eigenvalue weighted by Gasteiger charge is -2.24. The van der Waals surface area contributed by atoms with Crippen LogP contribution in [0.3, 0.4) is 0 Å². The van der Waals surface area contributed by atoms with Crippen molar-refractivity contribution >= 4 is 5.91 Å². The SMILES string of the molecule is NC1(C(=O)NCC2CCCCN2)CC1. The Balaban J connectivity index is 1.68. The minimum Gasteiger partial charge on any atom is -0.353 e. The number of carbonyl (C=O) groups excluding carboxylic acids is 1. The van der Waals surface area contributed by atoms with E-state index in [0.29, 0.717) is 6.04 Å². The minimum atomic E-state index is -0.519. The maximum Gasteiger partial charge on any atom is 0.240 e. The fourth-order valence-corrected chi connectivity index (χ4v) is 1.85. The molecule has 0 aromatic carbocycles. The van der Waals surface area contributed by atoms with Crippen LogP contribution in [0.1, 0.15) is 32.1 Å². The number of amides is 1. The Hall–Kier alpha value is -0.610. The Kier molecular flexibility index (Phi) is 2.74. The van der Waals surface area contributed by atoms with Crippen LogP contribution in [0.4, 0.5) is 0 Å². The van der Waals surface area contributed by atoms with Crippen molar-refractivity contribution in [1.82, 2.24) is 10.6 Å². The molecule has 1 atom stereocenters. The van der Waals surface area contributed by atoms with Gasteiger partial charge in [0.25, 0.3) is 0 Å². The molecule has 0 aromatic heterocycles. The van der Waals surface area contributed by atoms with Gasteiger partial charge in [0.15, 0.2) is 0 Å². The molecule has 80 valence electrons. The predicted octanol–water partition coefficient (Wildman–Crippen LogP) is -0.264. The van der Waals surface area contributed by atoms with Crippen LogP contribution in [0.25, 0.3) is 0 Å². The van der Waals surface area contributed by atoms with E-state index in [9.17, 15) is 4.79 Å². The van der Waals surface area contributed by atoms with Gasteiger partial charge < -0.3 is 16.4 Å². The lowest BCUT2D eigenvalue weighted by atomic mass is 10.1. The van der Waals surface area contributed by atoms with E-state index in [2.05, 4.69) is 10.6 Å². The molecule has 1 saturated heterocycles. The van der Waals surface area contributed by atoms with Gasteiger partial charge in [-0.25, -0.2) is 0 Å². The number of piperidine rings is 1. The fourth-order valence-electron chi connectivity index (χ4n) is 1.85. The molecule has 2 aliphatic rings. The molecule has 0 spiro atoms. The summed E-state index contributed by atoms with van der Waals surface area (Å²) in [5.41, 5.74) is 5.25. The maximum atomic E-state index is 11.5. The summed E-state index contributed by atoms with van der Waals surface area (Å²) in [4.78, 5) is 11.5. The smallest absolute Gasteiger partial charge is 0.240 e. The van der Waals surface area contributed by atoms with Crippen LogP contribution in [0.5, 0.6) is 0 Å². The number of carbonyl (C=O) groups is 1. The van der Waals surface area contributed by atoms with Crippen molar-refractivity contribution in [2.45, 2.75) is 43.7 Å². The molecule has 0 bridgehead atoms. The van der Waals surface area contributed by atoms with Crippen LogP contribution in [0.2, 0.25) is 0 Å². The molecule has 4 nitrogen and oxygen atoms in total. The molecule has 4 N–H and O–H groups in total. The van der Waals surface area contributed by atoms with Gasteiger partial charge in [-0.2, -0.15) is 0 Å². The van der Waals surface area contributed by atoms with E-state index < -0.39 is 5.54 Å².